The van der Waals surface area contributed by atoms with Gasteiger partial charge in [-0.2, -0.15) is 0 Å². The lowest BCUT2D eigenvalue weighted by Crippen LogP contribution is -1.99. The third-order valence-electron chi connectivity index (χ3n) is 2.26. The first-order valence-corrected chi connectivity index (χ1v) is 5.01. The molecule has 2 nitrogen and oxygen atoms in total. The summed E-state index contributed by atoms with van der Waals surface area (Å²) >= 11 is 6.02. The zero-order valence-corrected chi connectivity index (χ0v) is 9.07. The number of hydrogen-bond donors (Lipinski definition) is 0. The molecule has 0 spiro atoms. The fraction of sp³-hybridized carbons (Fsp3) is 0.0833. The molecule has 2 rings (SSSR count). The predicted molar refractivity (Wildman–Crippen MR) is 60.6 cm³/mol. The van der Waals surface area contributed by atoms with E-state index in [1.807, 2.05) is 37.4 Å². The van der Waals surface area contributed by atoms with Crippen LogP contribution in [-0.2, 0) is 0 Å². The van der Waals surface area contributed by atoms with Gasteiger partial charge in [0.05, 0.1) is 0 Å². The quantitative estimate of drug-likeness (QED) is 0.723. The van der Waals surface area contributed by atoms with Gasteiger partial charge in [-0.25, -0.2) is 4.98 Å². The SMILES string of the molecule is C[C](c1cccnc1)c1cccnc1Cl. The van der Waals surface area contributed by atoms with Crippen LogP contribution in [0.25, 0.3) is 0 Å². The topological polar surface area (TPSA) is 25.8 Å². The standard InChI is InChI=1S/C12H10ClN2/c1-9(10-4-2-6-14-8-10)11-5-3-7-15-12(11)13/h2-8H,1H3. The van der Waals surface area contributed by atoms with E-state index < -0.39 is 0 Å². The monoisotopic (exact) mass is 217 g/mol. The molecule has 0 N–H and O–H groups in total. The van der Waals surface area contributed by atoms with Crippen LogP contribution in [0, 0.1) is 5.92 Å². The van der Waals surface area contributed by atoms with E-state index in [9.17, 15) is 0 Å². The summed E-state index contributed by atoms with van der Waals surface area (Å²) in [6.45, 7) is 2.01. The molecule has 0 aliphatic rings. The Morgan fingerprint density at radius 2 is 2.00 bits per heavy atom. The number of hydrogen-bond acceptors (Lipinski definition) is 2. The van der Waals surface area contributed by atoms with Crippen LogP contribution in [0.15, 0.2) is 42.9 Å². The van der Waals surface area contributed by atoms with Crippen molar-refractivity contribution in [3.05, 3.63) is 65.1 Å². The van der Waals surface area contributed by atoms with Gasteiger partial charge >= 0.3 is 0 Å². The van der Waals surface area contributed by atoms with Crippen LogP contribution in [0.3, 0.4) is 0 Å². The molecule has 0 unspecified atom stereocenters. The highest BCUT2D eigenvalue weighted by molar-refractivity contribution is 6.30. The Bertz CT molecular complexity index is 442. The number of rotatable bonds is 2. The third kappa shape index (κ3) is 2.16. The van der Waals surface area contributed by atoms with E-state index in [-0.39, 0.29) is 0 Å². The van der Waals surface area contributed by atoms with Gasteiger partial charge in [-0.15, -0.1) is 0 Å². The summed E-state index contributed by atoms with van der Waals surface area (Å²) in [6.07, 6.45) is 5.25. The highest BCUT2D eigenvalue weighted by Crippen LogP contribution is 2.26. The molecule has 2 heterocycles. The van der Waals surface area contributed by atoms with Crippen molar-refractivity contribution in [1.82, 2.24) is 9.97 Å². The maximum Gasteiger partial charge on any atom is 0.133 e. The normalized spacial score (nSPS) is 10.6. The number of nitrogens with zero attached hydrogens (tertiary/aromatic N) is 2. The van der Waals surface area contributed by atoms with Crippen LogP contribution in [-0.4, -0.2) is 9.97 Å². The van der Waals surface area contributed by atoms with Gasteiger partial charge in [0.1, 0.15) is 5.15 Å². The Labute approximate surface area is 94.0 Å². The fourth-order valence-corrected chi connectivity index (χ4v) is 1.67. The van der Waals surface area contributed by atoms with E-state index in [0.717, 1.165) is 17.0 Å². The fourth-order valence-electron chi connectivity index (χ4n) is 1.41. The van der Waals surface area contributed by atoms with Crippen LogP contribution >= 0.6 is 11.6 Å². The van der Waals surface area contributed by atoms with Gasteiger partial charge in [-0.05, 0) is 17.7 Å². The third-order valence-corrected chi connectivity index (χ3v) is 2.56. The van der Waals surface area contributed by atoms with Crippen LogP contribution in [0.2, 0.25) is 5.15 Å². The van der Waals surface area contributed by atoms with Crippen LogP contribution in [0.1, 0.15) is 18.1 Å². The molecule has 0 aliphatic heterocycles. The summed E-state index contributed by atoms with van der Waals surface area (Å²) in [5.74, 6) is 1.08. The maximum absolute atomic E-state index is 6.02. The molecule has 0 saturated carbocycles. The first-order chi connectivity index (χ1) is 7.29. The Kier molecular flexibility index (Phi) is 2.97. The van der Waals surface area contributed by atoms with Gasteiger partial charge in [0.25, 0.3) is 0 Å². The van der Waals surface area contributed by atoms with E-state index in [0.29, 0.717) is 5.15 Å². The average Bonchev–Trinajstić information content (AvgIpc) is 2.30. The molecule has 0 bridgehead atoms. The molecule has 0 saturated heterocycles. The molecule has 15 heavy (non-hydrogen) atoms. The van der Waals surface area contributed by atoms with Gasteiger partial charge in [-0.1, -0.05) is 30.7 Å². The van der Waals surface area contributed by atoms with Crippen molar-refractivity contribution in [3.8, 4) is 0 Å². The van der Waals surface area contributed by atoms with Crippen molar-refractivity contribution in [3.63, 3.8) is 0 Å². The van der Waals surface area contributed by atoms with Crippen molar-refractivity contribution in [2.75, 3.05) is 0 Å². The summed E-state index contributed by atoms with van der Waals surface area (Å²) in [5.41, 5.74) is 2.01. The second-order valence-electron chi connectivity index (χ2n) is 3.21. The Morgan fingerprint density at radius 1 is 1.20 bits per heavy atom. The van der Waals surface area contributed by atoms with Crippen molar-refractivity contribution < 1.29 is 0 Å². The van der Waals surface area contributed by atoms with Crippen LogP contribution in [0.4, 0.5) is 0 Å². The Hall–Kier alpha value is -1.41. The minimum absolute atomic E-state index is 0.527. The first-order valence-electron chi connectivity index (χ1n) is 4.64. The molecule has 2 aromatic rings. The van der Waals surface area contributed by atoms with Gasteiger partial charge in [-0.3, -0.25) is 4.98 Å². The van der Waals surface area contributed by atoms with Crippen LogP contribution < -0.4 is 0 Å². The lowest BCUT2D eigenvalue weighted by atomic mass is 9.96. The van der Waals surface area contributed by atoms with E-state index in [4.69, 9.17) is 11.6 Å². The summed E-state index contributed by atoms with van der Waals surface area (Å²) in [5, 5.41) is 0.527. The Morgan fingerprint density at radius 3 is 2.67 bits per heavy atom. The summed E-state index contributed by atoms with van der Waals surface area (Å²) in [4.78, 5) is 8.13. The van der Waals surface area contributed by atoms with Gasteiger partial charge in [0.15, 0.2) is 0 Å². The minimum atomic E-state index is 0.527. The highest BCUT2D eigenvalue weighted by Gasteiger charge is 2.12. The highest BCUT2D eigenvalue weighted by atomic mass is 35.5. The molecule has 2 aromatic heterocycles. The van der Waals surface area contributed by atoms with Gasteiger partial charge in [0, 0.05) is 30.1 Å². The van der Waals surface area contributed by atoms with E-state index >= 15 is 0 Å². The molecule has 0 fully saturated rings. The molecule has 1 radical (unpaired) electrons. The minimum Gasteiger partial charge on any atom is -0.264 e. The lowest BCUT2D eigenvalue weighted by Gasteiger charge is -2.11. The maximum atomic E-state index is 6.02. The van der Waals surface area contributed by atoms with E-state index in [1.165, 1.54) is 0 Å². The molecule has 75 valence electrons. The van der Waals surface area contributed by atoms with Crippen molar-refractivity contribution in [2.24, 2.45) is 0 Å². The van der Waals surface area contributed by atoms with Crippen molar-refractivity contribution >= 4 is 11.6 Å². The van der Waals surface area contributed by atoms with E-state index in [2.05, 4.69) is 9.97 Å². The molecule has 0 aliphatic carbocycles. The zero-order valence-electron chi connectivity index (χ0n) is 8.31. The molecule has 0 aromatic carbocycles. The van der Waals surface area contributed by atoms with Crippen molar-refractivity contribution in [2.45, 2.75) is 6.92 Å². The van der Waals surface area contributed by atoms with Crippen molar-refractivity contribution in [1.29, 1.82) is 0 Å². The number of pyridine rings is 2. The summed E-state index contributed by atoms with van der Waals surface area (Å²) in [7, 11) is 0. The largest absolute Gasteiger partial charge is 0.264 e. The molecular formula is C12H10ClN2. The van der Waals surface area contributed by atoms with E-state index in [1.54, 1.807) is 12.4 Å². The smallest absolute Gasteiger partial charge is 0.133 e. The molecule has 0 atom stereocenters. The number of aromatic nitrogens is 2. The second-order valence-corrected chi connectivity index (χ2v) is 3.57. The first kappa shape index (κ1) is 10.1. The zero-order chi connectivity index (χ0) is 10.7. The summed E-state index contributed by atoms with van der Waals surface area (Å²) < 4.78 is 0. The lowest BCUT2D eigenvalue weighted by molar-refractivity contribution is 1.13. The summed E-state index contributed by atoms with van der Waals surface area (Å²) in [6, 6.07) is 7.74. The van der Waals surface area contributed by atoms with Gasteiger partial charge < -0.3 is 0 Å². The Balaban J connectivity index is 2.37. The predicted octanol–water partition coefficient (Wildman–Crippen LogP) is 3.12. The molecule has 0 amide bonds. The number of halogens is 1. The van der Waals surface area contributed by atoms with Gasteiger partial charge in [0.2, 0.25) is 0 Å². The average molecular weight is 218 g/mol. The van der Waals surface area contributed by atoms with Crippen LogP contribution in [0.5, 0.6) is 0 Å². The second kappa shape index (κ2) is 4.41. The molecular weight excluding hydrogens is 208 g/mol. The molecule has 3 heteroatoms.